The summed E-state index contributed by atoms with van der Waals surface area (Å²) in [6, 6.07) is 7.45. The van der Waals surface area contributed by atoms with Gasteiger partial charge in [0.25, 0.3) is 0 Å². The molecule has 2 aromatic rings. The Hall–Kier alpha value is -2.23. The van der Waals surface area contributed by atoms with Gasteiger partial charge in [-0.3, -0.25) is 0 Å². The van der Waals surface area contributed by atoms with Crippen molar-refractivity contribution in [3.8, 4) is 11.3 Å². The fourth-order valence-corrected chi connectivity index (χ4v) is 1.72. The Morgan fingerprint density at radius 2 is 1.94 bits per heavy atom. The molecular weight excluding hydrogens is 216 g/mol. The summed E-state index contributed by atoms with van der Waals surface area (Å²) in [5.41, 5.74) is 3.81. The van der Waals surface area contributed by atoms with Crippen molar-refractivity contribution in [1.29, 1.82) is 0 Å². The van der Waals surface area contributed by atoms with Crippen molar-refractivity contribution in [2.45, 2.75) is 13.8 Å². The van der Waals surface area contributed by atoms with Crippen LogP contribution < -0.4 is 0 Å². The van der Waals surface area contributed by atoms with Gasteiger partial charge in [-0.05, 0) is 25.5 Å². The number of carbonyl (C=O) groups is 1. The highest BCUT2D eigenvalue weighted by atomic mass is 16.4. The lowest BCUT2D eigenvalue weighted by Gasteiger charge is -2.06. The average Bonchev–Trinajstić information content (AvgIpc) is 2.29. The Balaban J connectivity index is 2.53. The molecule has 4 nitrogen and oxygen atoms in total. The second-order valence-corrected chi connectivity index (χ2v) is 3.91. The maximum absolute atomic E-state index is 10.8. The molecule has 0 aliphatic rings. The molecule has 0 fully saturated rings. The van der Waals surface area contributed by atoms with Gasteiger partial charge in [-0.25, -0.2) is 14.8 Å². The van der Waals surface area contributed by atoms with Gasteiger partial charge in [0, 0.05) is 5.56 Å². The highest BCUT2D eigenvalue weighted by Gasteiger charge is 2.09. The van der Waals surface area contributed by atoms with E-state index in [4.69, 9.17) is 5.11 Å². The topological polar surface area (TPSA) is 63.1 Å². The third kappa shape index (κ3) is 2.30. The Morgan fingerprint density at radius 1 is 1.18 bits per heavy atom. The Bertz CT molecular complexity index is 579. The van der Waals surface area contributed by atoms with Crippen LogP contribution in [0.4, 0.5) is 0 Å². The van der Waals surface area contributed by atoms with E-state index in [1.165, 1.54) is 18.0 Å². The van der Waals surface area contributed by atoms with E-state index in [0.29, 0.717) is 5.69 Å². The molecule has 0 unspecified atom stereocenters. The first-order valence-corrected chi connectivity index (χ1v) is 5.21. The van der Waals surface area contributed by atoms with Crippen LogP contribution in [0, 0.1) is 13.8 Å². The summed E-state index contributed by atoms with van der Waals surface area (Å²) in [4.78, 5) is 18.6. The van der Waals surface area contributed by atoms with Gasteiger partial charge in [0.2, 0.25) is 0 Å². The van der Waals surface area contributed by atoms with E-state index in [1.54, 1.807) is 0 Å². The molecule has 1 aromatic heterocycles. The summed E-state index contributed by atoms with van der Waals surface area (Å²) in [6.45, 7) is 3.99. The van der Waals surface area contributed by atoms with E-state index in [2.05, 4.69) is 9.97 Å². The van der Waals surface area contributed by atoms with Gasteiger partial charge < -0.3 is 5.11 Å². The molecule has 86 valence electrons. The molecule has 0 saturated carbocycles. The smallest absolute Gasteiger partial charge is 0.354 e. The standard InChI is InChI=1S/C13H12N2O2/c1-8-3-4-10(9(2)5-8)11-6-12(13(16)17)15-7-14-11/h3-7H,1-2H3,(H,16,17). The SMILES string of the molecule is Cc1ccc(-c2cc(C(=O)O)ncn2)c(C)c1. The molecule has 2 rings (SSSR count). The number of aromatic nitrogens is 2. The van der Waals surface area contributed by atoms with Gasteiger partial charge in [-0.15, -0.1) is 0 Å². The van der Waals surface area contributed by atoms with Crippen molar-refractivity contribution < 1.29 is 9.90 Å². The lowest BCUT2D eigenvalue weighted by atomic mass is 10.0. The van der Waals surface area contributed by atoms with Crippen molar-refractivity contribution in [3.05, 3.63) is 47.4 Å². The zero-order valence-electron chi connectivity index (χ0n) is 9.64. The Kier molecular flexibility index (Phi) is 2.87. The number of aromatic carboxylic acids is 1. The van der Waals surface area contributed by atoms with Gasteiger partial charge in [-0.1, -0.05) is 23.8 Å². The predicted molar refractivity (Wildman–Crippen MR) is 63.9 cm³/mol. The molecule has 0 radical (unpaired) electrons. The predicted octanol–water partition coefficient (Wildman–Crippen LogP) is 2.46. The fraction of sp³-hybridized carbons (Fsp3) is 0.154. The molecule has 0 aliphatic heterocycles. The quantitative estimate of drug-likeness (QED) is 0.857. The fourth-order valence-electron chi connectivity index (χ4n) is 1.72. The summed E-state index contributed by atoms with van der Waals surface area (Å²) in [6.07, 6.45) is 1.28. The molecule has 17 heavy (non-hydrogen) atoms. The molecule has 1 heterocycles. The average molecular weight is 228 g/mol. The summed E-state index contributed by atoms with van der Waals surface area (Å²) < 4.78 is 0. The van der Waals surface area contributed by atoms with Crippen LogP contribution in [0.1, 0.15) is 21.6 Å². The van der Waals surface area contributed by atoms with E-state index in [9.17, 15) is 4.79 Å². The molecule has 0 aliphatic carbocycles. The number of nitrogens with zero attached hydrogens (tertiary/aromatic N) is 2. The zero-order chi connectivity index (χ0) is 12.4. The minimum atomic E-state index is -1.04. The first kappa shape index (κ1) is 11.3. The lowest BCUT2D eigenvalue weighted by Crippen LogP contribution is -2.01. The zero-order valence-corrected chi connectivity index (χ0v) is 9.64. The number of carboxylic acid groups (broad SMARTS) is 1. The Labute approximate surface area is 99.0 Å². The largest absolute Gasteiger partial charge is 0.477 e. The van der Waals surface area contributed by atoms with Crippen LogP contribution in [0.5, 0.6) is 0 Å². The van der Waals surface area contributed by atoms with Gasteiger partial charge in [-0.2, -0.15) is 0 Å². The molecule has 0 amide bonds. The normalized spacial score (nSPS) is 10.2. The van der Waals surface area contributed by atoms with Crippen molar-refractivity contribution in [2.75, 3.05) is 0 Å². The third-order valence-corrected chi connectivity index (χ3v) is 2.54. The number of benzene rings is 1. The van der Waals surface area contributed by atoms with E-state index >= 15 is 0 Å². The van der Waals surface area contributed by atoms with Crippen LogP contribution in [0.3, 0.4) is 0 Å². The summed E-state index contributed by atoms with van der Waals surface area (Å²) >= 11 is 0. The van der Waals surface area contributed by atoms with Crippen LogP contribution >= 0.6 is 0 Å². The van der Waals surface area contributed by atoms with Gasteiger partial charge >= 0.3 is 5.97 Å². The van der Waals surface area contributed by atoms with Crippen molar-refractivity contribution in [2.24, 2.45) is 0 Å². The molecule has 0 saturated heterocycles. The molecule has 1 N–H and O–H groups in total. The molecular formula is C13H12N2O2. The van der Waals surface area contributed by atoms with E-state index in [0.717, 1.165) is 11.1 Å². The third-order valence-electron chi connectivity index (χ3n) is 2.54. The van der Waals surface area contributed by atoms with Crippen LogP contribution in [-0.4, -0.2) is 21.0 Å². The highest BCUT2D eigenvalue weighted by molar-refractivity contribution is 5.86. The molecule has 0 atom stereocenters. The second-order valence-electron chi connectivity index (χ2n) is 3.91. The van der Waals surface area contributed by atoms with Crippen molar-refractivity contribution in [1.82, 2.24) is 9.97 Å². The van der Waals surface area contributed by atoms with E-state index < -0.39 is 5.97 Å². The van der Waals surface area contributed by atoms with E-state index in [-0.39, 0.29) is 5.69 Å². The maximum Gasteiger partial charge on any atom is 0.354 e. The highest BCUT2D eigenvalue weighted by Crippen LogP contribution is 2.22. The van der Waals surface area contributed by atoms with Crippen LogP contribution in [-0.2, 0) is 0 Å². The minimum Gasteiger partial charge on any atom is -0.477 e. The Morgan fingerprint density at radius 3 is 2.59 bits per heavy atom. The number of hydrogen-bond acceptors (Lipinski definition) is 3. The molecule has 0 bridgehead atoms. The maximum atomic E-state index is 10.8. The van der Waals surface area contributed by atoms with Crippen molar-refractivity contribution >= 4 is 5.97 Å². The van der Waals surface area contributed by atoms with Crippen LogP contribution in [0.2, 0.25) is 0 Å². The molecule has 0 spiro atoms. The number of rotatable bonds is 2. The van der Waals surface area contributed by atoms with Gasteiger partial charge in [0.15, 0.2) is 5.69 Å². The minimum absolute atomic E-state index is 0.00924. The molecule has 1 aromatic carbocycles. The molecule has 4 heteroatoms. The lowest BCUT2D eigenvalue weighted by molar-refractivity contribution is 0.0690. The van der Waals surface area contributed by atoms with Crippen molar-refractivity contribution in [3.63, 3.8) is 0 Å². The monoisotopic (exact) mass is 228 g/mol. The number of hydrogen-bond donors (Lipinski definition) is 1. The van der Waals surface area contributed by atoms with Crippen LogP contribution in [0.25, 0.3) is 11.3 Å². The first-order chi connectivity index (χ1) is 8.08. The number of aryl methyl sites for hydroxylation is 2. The summed E-state index contributed by atoms with van der Waals surface area (Å²) in [5.74, 6) is -1.04. The number of carboxylic acids is 1. The summed E-state index contributed by atoms with van der Waals surface area (Å²) in [5, 5.41) is 8.88. The first-order valence-electron chi connectivity index (χ1n) is 5.21. The van der Waals surface area contributed by atoms with Crippen LogP contribution in [0.15, 0.2) is 30.6 Å². The van der Waals surface area contributed by atoms with E-state index in [1.807, 2.05) is 32.0 Å². The second kappa shape index (κ2) is 4.33. The van der Waals surface area contributed by atoms with Gasteiger partial charge in [0.1, 0.15) is 6.33 Å². The van der Waals surface area contributed by atoms with Gasteiger partial charge in [0.05, 0.1) is 5.69 Å². The summed E-state index contributed by atoms with van der Waals surface area (Å²) in [7, 11) is 0.